The summed E-state index contributed by atoms with van der Waals surface area (Å²) in [6.45, 7) is 4.56. The van der Waals surface area contributed by atoms with Gasteiger partial charge in [-0.1, -0.05) is 19.1 Å². The summed E-state index contributed by atoms with van der Waals surface area (Å²) in [6, 6.07) is 10.00. The summed E-state index contributed by atoms with van der Waals surface area (Å²) < 4.78 is 5.67. The molecule has 2 rings (SSSR count). The van der Waals surface area contributed by atoms with E-state index in [1.54, 1.807) is 11.3 Å². The third-order valence-corrected chi connectivity index (χ3v) is 3.31. The summed E-state index contributed by atoms with van der Waals surface area (Å²) in [7, 11) is 0. The predicted molar refractivity (Wildman–Crippen MR) is 74.9 cm³/mol. The van der Waals surface area contributed by atoms with Crippen molar-refractivity contribution in [3.05, 3.63) is 46.3 Å². The highest BCUT2D eigenvalue weighted by Crippen LogP contribution is 2.13. The number of pyridine rings is 1. The van der Waals surface area contributed by atoms with Gasteiger partial charge in [0.15, 0.2) is 0 Å². The van der Waals surface area contributed by atoms with Gasteiger partial charge in [0.05, 0.1) is 5.69 Å². The maximum absolute atomic E-state index is 5.67. The van der Waals surface area contributed by atoms with Crippen molar-refractivity contribution in [2.24, 2.45) is 0 Å². The zero-order chi connectivity index (χ0) is 12.6. The van der Waals surface area contributed by atoms with Gasteiger partial charge in [-0.3, -0.25) is 0 Å². The van der Waals surface area contributed by atoms with E-state index in [-0.39, 0.29) is 0 Å². The Morgan fingerprint density at radius 3 is 3.00 bits per heavy atom. The van der Waals surface area contributed by atoms with Crippen molar-refractivity contribution in [2.45, 2.75) is 26.5 Å². The van der Waals surface area contributed by atoms with Crippen LogP contribution < -0.4 is 10.1 Å². The number of thiophene rings is 1. The minimum absolute atomic E-state index is 0.594. The summed E-state index contributed by atoms with van der Waals surface area (Å²) in [5, 5.41) is 5.39. The molecule has 2 aromatic heterocycles. The number of hydrogen-bond donors (Lipinski definition) is 1. The highest BCUT2D eigenvalue weighted by molar-refractivity contribution is 7.09. The first-order chi connectivity index (χ1) is 8.88. The molecule has 0 spiro atoms. The summed E-state index contributed by atoms with van der Waals surface area (Å²) in [5.41, 5.74) is 1.02. The molecular formula is C14H18N2OS. The first-order valence-electron chi connectivity index (χ1n) is 6.20. The van der Waals surface area contributed by atoms with Gasteiger partial charge in [-0.05, 0) is 30.5 Å². The largest absolute Gasteiger partial charge is 0.472 e. The Labute approximate surface area is 112 Å². The summed E-state index contributed by atoms with van der Waals surface area (Å²) >= 11 is 1.70. The monoisotopic (exact) mass is 262 g/mol. The lowest BCUT2D eigenvalue weighted by molar-refractivity contribution is 0.296. The molecule has 18 heavy (non-hydrogen) atoms. The van der Waals surface area contributed by atoms with E-state index in [1.165, 1.54) is 4.88 Å². The van der Waals surface area contributed by atoms with Gasteiger partial charge in [-0.15, -0.1) is 11.3 Å². The van der Waals surface area contributed by atoms with Gasteiger partial charge in [0, 0.05) is 17.5 Å². The molecule has 0 unspecified atom stereocenters. The molecule has 1 N–H and O–H groups in total. The van der Waals surface area contributed by atoms with Gasteiger partial charge in [0.2, 0.25) is 5.88 Å². The molecule has 0 aliphatic carbocycles. The Morgan fingerprint density at radius 2 is 2.22 bits per heavy atom. The number of nitrogens with zero attached hydrogens (tertiary/aromatic N) is 1. The number of hydrogen-bond acceptors (Lipinski definition) is 4. The summed E-state index contributed by atoms with van der Waals surface area (Å²) in [6.07, 6.45) is 1.13. The molecule has 0 bridgehead atoms. The van der Waals surface area contributed by atoms with Crippen molar-refractivity contribution in [1.82, 2.24) is 10.3 Å². The van der Waals surface area contributed by atoms with Crippen molar-refractivity contribution < 1.29 is 4.74 Å². The molecule has 0 aliphatic rings. The van der Waals surface area contributed by atoms with Crippen LogP contribution in [-0.4, -0.2) is 11.5 Å². The van der Waals surface area contributed by atoms with E-state index in [2.05, 4.69) is 28.7 Å². The molecule has 3 nitrogen and oxygen atoms in total. The lowest BCUT2D eigenvalue weighted by atomic mass is 10.3. The average molecular weight is 262 g/mol. The maximum atomic E-state index is 5.67. The van der Waals surface area contributed by atoms with Crippen LogP contribution in [0.4, 0.5) is 0 Å². The van der Waals surface area contributed by atoms with Crippen LogP contribution >= 0.6 is 11.3 Å². The van der Waals surface area contributed by atoms with Crippen molar-refractivity contribution >= 4 is 11.3 Å². The van der Waals surface area contributed by atoms with Crippen LogP contribution in [-0.2, 0) is 13.2 Å². The zero-order valence-corrected chi connectivity index (χ0v) is 11.4. The average Bonchev–Trinajstić information content (AvgIpc) is 2.90. The minimum Gasteiger partial charge on any atom is -0.472 e. The highest BCUT2D eigenvalue weighted by Gasteiger charge is 2.00. The van der Waals surface area contributed by atoms with E-state index < -0.39 is 0 Å². The van der Waals surface area contributed by atoms with Crippen LogP contribution in [0, 0.1) is 0 Å². The Balaban J connectivity index is 1.86. The molecule has 2 aromatic rings. The van der Waals surface area contributed by atoms with Crippen LogP contribution in [0.3, 0.4) is 0 Å². The van der Waals surface area contributed by atoms with Crippen LogP contribution in [0.2, 0.25) is 0 Å². The van der Waals surface area contributed by atoms with Crippen LogP contribution in [0.15, 0.2) is 35.7 Å². The number of nitrogens with one attached hydrogen (secondary N) is 1. The highest BCUT2D eigenvalue weighted by atomic mass is 32.1. The van der Waals surface area contributed by atoms with Crippen molar-refractivity contribution in [1.29, 1.82) is 0 Å². The number of ether oxygens (including phenoxy) is 1. The second-order valence-corrected chi connectivity index (χ2v) is 5.04. The molecule has 0 fully saturated rings. The molecule has 0 saturated carbocycles. The Hall–Kier alpha value is -1.39. The van der Waals surface area contributed by atoms with E-state index in [9.17, 15) is 0 Å². The fourth-order valence-corrected chi connectivity index (χ4v) is 2.19. The van der Waals surface area contributed by atoms with Gasteiger partial charge in [0.1, 0.15) is 6.61 Å². The van der Waals surface area contributed by atoms with E-state index in [0.717, 1.165) is 25.2 Å². The SMILES string of the molecule is CCCNCc1cccc(OCc2cccs2)n1. The quantitative estimate of drug-likeness (QED) is 0.778. The molecule has 0 radical (unpaired) electrons. The Bertz CT molecular complexity index is 457. The molecule has 0 saturated heterocycles. The molecule has 0 aromatic carbocycles. The fourth-order valence-electron chi connectivity index (χ4n) is 1.57. The Morgan fingerprint density at radius 1 is 1.28 bits per heavy atom. The van der Waals surface area contributed by atoms with Crippen molar-refractivity contribution in [2.75, 3.05) is 6.54 Å². The third kappa shape index (κ3) is 4.13. The second kappa shape index (κ2) is 7.13. The molecule has 0 aliphatic heterocycles. The standard InChI is InChI=1S/C14H18N2OS/c1-2-8-15-10-12-5-3-7-14(16-12)17-11-13-6-4-9-18-13/h3-7,9,15H,2,8,10-11H2,1H3. The van der Waals surface area contributed by atoms with Crippen molar-refractivity contribution in [3.8, 4) is 5.88 Å². The lowest BCUT2D eigenvalue weighted by Crippen LogP contribution is -2.14. The third-order valence-electron chi connectivity index (χ3n) is 2.46. The van der Waals surface area contributed by atoms with E-state index in [4.69, 9.17) is 4.74 Å². The predicted octanol–water partition coefficient (Wildman–Crippen LogP) is 3.22. The van der Waals surface area contributed by atoms with Crippen LogP contribution in [0.5, 0.6) is 5.88 Å². The fraction of sp³-hybridized carbons (Fsp3) is 0.357. The number of rotatable bonds is 7. The van der Waals surface area contributed by atoms with Gasteiger partial charge in [0.25, 0.3) is 0 Å². The smallest absolute Gasteiger partial charge is 0.213 e. The van der Waals surface area contributed by atoms with E-state index in [0.29, 0.717) is 12.5 Å². The molecular weight excluding hydrogens is 244 g/mol. The molecule has 4 heteroatoms. The number of aromatic nitrogens is 1. The first kappa shape index (κ1) is 13.1. The molecule has 2 heterocycles. The molecule has 0 atom stereocenters. The normalized spacial score (nSPS) is 10.5. The molecule has 96 valence electrons. The van der Waals surface area contributed by atoms with Gasteiger partial charge in [-0.2, -0.15) is 0 Å². The van der Waals surface area contributed by atoms with Crippen molar-refractivity contribution in [3.63, 3.8) is 0 Å². The zero-order valence-electron chi connectivity index (χ0n) is 10.6. The topological polar surface area (TPSA) is 34.1 Å². The van der Waals surface area contributed by atoms with Crippen LogP contribution in [0.25, 0.3) is 0 Å². The minimum atomic E-state index is 0.594. The Kier molecular flexibility index (Phi) is 5.17. The second-order valence-electron chi connectivity index (χ2n) is 4.01. The summed E-state index contributed by atoms with van der Waals surface area (Å²) in [4.78, 5) is 5.68. The van der Waals surface area contributed by atoms with Gasteiger partial charge in [-0.25, -0.2) is 4.98 Å². The first-order valence-corrected chi connectivity index (χ1v) is 7.08. The lowest BCUT2D eigenvalue weighted by Gasteiger charge is -2.06. The van der Waals surface area contributed by atoms with Crippen LogP contribution in [0.1, 0.15) is 23.9 Å². The van der Waals surface area contributed by atoms with Gasteiger partial charge < -0.3 is 10.1 Å². The summed E-state index contributed by atoms with van der Waals surface area (Å²) in [5.74, 6) is 0.694. The van der Waals surface area contributed by atoms with E-state index in [1.807, 2.05) is 24.3 Å². The molecule has 0 amide bonds. The van der Waals surface area contributed by atoms with E-state index >= 15 is 0 Å². The van der Waals surface area contributed by atoms with Gasteiger partial charge >= 0.3 is 0 Å². The maximum Gasteiger partial charge on any atom is 0.213 e.